The Bertz CT molecular complexity index is 308. The second kappa shape index (κ2) is 3.87. The van der Waals surface area contributed by atoms with Crippen molar-refractivity contribution < 1.29 is 4.74 Å². The van der Waals surface area contributed by atoms with Gasteiger partial charge in [0, 0.05) is 13.3 Å². The highest BCUT2D eigenvalue weighted by atomic mass is 16.5. The van der Waals surface area contributed by atoms with Crippen LogP contribution in [-0.4, -0.2) is 23.3 Å². The molecule has 0 amide bonds. The zero-order chi connectivity index (χ0) is 8.97. The molecule has 66 valence electrons. The van der Waals surface area contributed by atoms with Crippen molar-refractivity contribution in [3.63, 3.8) is 0 Å². The molecule has 2 N–H and O–H groups in total. The van der Waals surface area contributed by atoms with Gasteiger partial charge in [-0.25, -0.2) is 4.79 Å². The van der Waals surface area contributed by atoms with Crippen molar-refractivity contribution in [3.05, 3.63) is 22.7 Å². The van der Waals surface area contributed by atoms with Crippen LogP contribution in [0.25, 0.3) is 0 Å². The number of anilines is 1. The Hall–Kier alpha value is -1.36. The number of methoxy groups -OCH3 is 1. The fraction of sp³-hybridized carbons (Fsp3) is 0.429. The van der Waals surface area contributed by atoms with Crippen LogP contribution in [-0.2, 0) is 11.3 Å². The molecule has 1 heterocycles. The van der Waals surface area contributed by atoms with E-state index in [2.05, 4.69) is 4.98 Å². The minimum absolute atomic E-state index is 0.244. The van der Waals surface area contributed by atoms with Gasteiger partial charge < -0.3 is 10.5 Å². The number of ether oxygens (including phenoxy) is 1. The Balaban J connectivity index is 2.80. The summed E-state index contributed by atoms with van der Waals surface area (Å²) < 4.78 is 6.26. The van der Waals surface area contributed by atoms with Crippen LogP contribution in [0.3, 0.4) is 0 Å². The Morgan fingerprint density at radius 1 is 1.75 bits per heavy atom. The van der Waals surface area contributed by atoms with E-state index in [1.807, 2.05) is 0 Å². The second-order valence-corrected chi connectivity index (χ2v) is 2.32. The van der Waals surface area contributed by atoms with Crippen molar-refractivity contribution in [3.8, 4) is 0 Å². The Kier molecular flexibility index (Phi) is 2.82. The third kappa shape index (κ3) is 2.06. The van der Waals surface area contributed by atoms with Gasteiger partial charge in [-0.2, -0.15) is 4.98 Å². The molecular weight excluding hydrogens is 158 g/mol. The molecule has 1 aromatic rings. The first-order valence-electron chi connectivity index (χ1n) is 3.56. The zero-order valence-electron chi connectivity index (χ0n) is 6.86. The lowest BCUT2D eigenvalue weighted by Crippen LogP contribution is -2.24. The van der Waals surface area contributed by atoms with E-state index >= 15 is 0 Å². The van der Waals surface area contributed by atoms with Gasteiger partial charge in [0.25, 0.3) is 0 Å². The topological polar surface area (TPSA) is 70.1 Å². The van der Waals surface area contributed by atoms with E-state index in [4.69, 9.17) is 10.5 Å². The summed E-state index contributed by atoms with van der Waals surface area (Å²) in [5.41, 5.74) is 4.96. The summed E-state index contributed by atoms with van der Waals surface area (Å²) in [6.07, 6.45) is 1.60. The van der Waals surface area contributed by atoms with Crippen LogP contribution in [0.1, 0.15) is 0 Å². The Labute approximate surface area is 69.8 Å². The fourth-order valence-electron chi connectivity index (χ4n) is 0.802. The summed E-state index contributed by atoms with van der Waals surface area (Å²) in [5.74, 6) is 0.244. The quantitative estimate of drug-likeness (QED) is 0.660. The number of nitrogens with zero attached hydrogens (tertiary/aromatic N) is 2. The first kappa shape index (κ1) is 8.73. The highest BCUT2D eigenvalue weighted by Crippen LogP contribution is 1.88. The van der Waals surface area contributed by atoms with E-state index in [-0.39, 0.29) is 11.5 Å². The number of hydrogen-bond donors (Lipinski definition) is 1. The normalized spacial score (nSPS) is 10.1. The van der Waals surface area contributed by atoms with E-state index in [1.54, 1.807) is 19.4 Å². The molecule has 5 nitrogen and oxygen atoms in total. The lowest BCUT2D eigenvalue weighted by molar-refractivity contribution is 0.186. The summed E-state index contributed by atoms with van der Waals surface area (Å²) in [4.78, 5) is 14.6. The molecule has 0 saturated carbocycles. The van der Waals surface area contributed by atoms with Crippen LogP contribution in [0.4, 0.5) is 5.82 Å². The molecule has 0 radical (unpaired) electrons. The minimum Gasteiger partial charge on any atom is -0.383 e. The highest BCUT2D eigenvalue weighted by Gasteiger charge is 1.95. The summed E-state index contributed by atoms with van der Waals surface area (Å²) in [6.45, 7) is 0.994. The maximum absolute atomic E-state index is 11.1. The smallest absolute Gasteiger partial charge is 0.349 e. The first-order chi connectivity index (χ1) is 5.74. The molecule has 1 aromatic heterocycles. The summed E-state index contributed by atoms with van der Waals surface area (Å²) in [5, 5.41) is 0. The number of nitrogens with two attached hydrogens (primary N) is 1. The molecule has 0 saturated heterocycles. The minimum atomic E-state index is -0.341. The Morgan fingerprint density at radius 3 is 3.08 bits per heavy atom. The van der Waals surface area contributed by atoms with E-state index < -0.39 is 0 Å². The van der Waals surface area contributed by atoms with Crippen molar-refractivity contribution in [2.75, 3.05) is 19.5 Å². The predicted octanol–water partition coefficient (Wildman–Crippen LogP) is -0.528. The van der Waals surface area contributed by atoms with Crippen molar-refractivity contribution in [2.24, 2.45) is 0 Å². The fourth-order valence-corrected chi connectivity index (χ4v) is 0.802. The highest BCUT2D eigenvalue weighted by molar-refractivity contribution is 5.23. The number of aromatic nitrogens is 2. The standard InChI is InChI=1S/C7H11N3O2/c1-12-5-4-10-3-2-6(8)9-7(10)11/h2-3H,4-5H2,1H3,(H2,8,9,11). The van der Waals surface area contributed by atoms with Crippen molar-refractivity contribution in [1.29, 1.82) is 0 Å². The molecule has 1 rings (SSSR count). The molecule has 0 unspecified atom stereocenters. The Morgan fingerprint density at radius 2 is 2.50 bits per heavy atom. The lowest BCUT2D eigenvalue weighted by atomic mass is 10.5. The van der Waals surface area contributed by atoms with E-state index in [0.29, 0.717) is 13.2 Å². The largest absolute Gasteiger partial charge is 0.383 e. The van der Waals surface area contributed by atoms with Gasteiger partial charge in [-0.3, -0.25) is 4.57 Å². The molecule has 5 heteroatoms. The van der Waals surface area contributed by atoms with Gasteiger partial charge >= 0.3 is 5.69 Å². The van der Waals surface area contributed by atoms with Crippen LogP contribution < -0.4 is 11.4 Å². The van der Waals surface area contributed by atoms with Crippen LogP contribution in [0, 0.1) is 0 Å². The van der Waals surface area contributed by atoms with Gasteiger partial charge in [-0.15, -0.1) is 0 Å². The maximum atomic E-state index is 11.1. The van der Waals surface area contributed by atoms with Gasteiger partial charge in [-0.05, 0) is 6.07 Å². The van der Waals surface area contributed by atoms with Crippen molar-refractivity contribution in [2.45, 2.75) is 6.54 Å². The average molecular weight is 169 g/mol. The third-order valence-electron chi connectivity index (χ3n) is 1.43. The summed E-state index contributed by atoms with van der Waals surface area (Å²) >= 11 is 0. The monoisotopic (exact) mass is 169 g/mol. The molecule has 12 heavy (non-hydrogen) atoms. The SMILES string of the molecule is COCCn1ccc(N)nc1=O. The van der Waals surface area contributed by atoms with Gasteiger partial charge in [0.05, 0.1) is 13.2 Å². The van der Waals surface area contributed by atoms with Crippen molar-refractivity contribution >= 4 is 5.82 Å². The molecule has 0 aromatic carbocycles. The molecule has 0 aliphatic heterocycles. The summed E-state index contributed by atoms with van der Waals surface area (Å²) in [7, 11) is 1.58. The average Bonchev–Trinajstić information content (AvgIpc) is 2.03. The van der Waals surface area contributed by atoms with Crippen LogP contribution in [0.15, 0.2) is 17.1 Å². The van der Waals surface area contributed by atoms with E-state index in [9.17, 15) is 4.79 Å². The number of rotatable bonds is 3. The number of nitrogen functional groups attached to an aromatic ring is 1. The third-order valence-corrected chi connectivity index (χ3v) is 1.43. The van der Waals surface area contributed by atoms with Crippen LogP contribution in [0.2, 0.25) is 0 Å². The lowest BCUT2D eigenvalue weighted by Gasteiger charge is -2.02. The van der Waals surface area contributed by atoms with Gasteiger partial charge in [-0.1, -0.05) is 0 Å². The first-order valence-corrected chi connectivity index (χ1v) is 3.56. The second-order valence-electron chi connectivity index (χ2n) is 2.32. The predicted molar refractivity (Wildman–Crippen MR) is 44.8 cm³/mol. The van der Waals surface area contributed by atoms with Crippen LogP contribution in [0.5, 0.6) is 0 Å². The van der Waals surface area contributed by atoms with Crippen LogP contribution >= 0.6 is 0 Å². The van der Waals surface area contributed by atoms with E-state index in [0.717, 1.165) is 0 Å². The molecule has 0 fully saturated rings. The summed E-state index contributed by atoms with van der Waals surface area (Å²) in [6, 6.07) is 1.58. The molecular formula is C7H11N3O2. The van der Waals surface area contributed by atoms with Gasteiger partial charge in [0.2, 0.25) is 0 Å². The number of hydrogen-bond acceptors (Lipinski definition) is 4. The molecule has 0 aliphatic rings. The zero-order valence-corrected chi connectivity index (χ0v) is 6.86. The molecule has 0 aliphatic carbocycles. The molecule has 0 atom stereocenters. The maximum Gasteiger partial charge on any atom is 0.349 e. The molecule has 0 spiro atoms. The van der Waals surface area contributed by atoms with Crippen molar-refractivity contribution in [1.82, 2.24) is 9.55 Å². The molecule has 0 bridgehead atoms. The van der Waals surface area contributed by atoms with Gasteiger partial charge in [0.15, 0.2) is 0 Å². The van der Waals surface area contributed by atoms with Gasteiger partial charge in [0.1, 0.15) is 5.82 Å². The van der Waals surface area contributed by atoms with E-state index in [1.165, 1.54) is 4.57 Å².